The number of fused-ring (bicyclic) bond motifs is 1. The number of methoxy groups -OCH3 is 1. The molecule has 1 aromatic heterocycles. The smallest absolute Gasteiger partial charge is 0.255 e. The van der Waals surface area contributed by atoms with E-state index >= 15 is 0 Å². The van der Waals surface area contributed by atoms with E-state index in [2.05, 4.69) is 10.3 Å². The van der Waals surface area contributed by atoms with Gasteiger partial charge < -0.3 is 35.8 Å². The van der Waals surface area contributed by atoms with Crippen molar-refractivity contribution in [3.63, 3.8) is 0 Å². The summed E-state index contributed by atoms with van der Waals surface area (Å²) >= 11 is 0. The van der Waals surface area contributed by atoms with E-state index in [0.29, 0.717) is 5.56 Å². The van der Waals surface area contributed by atoms with Crippen LogP contribution in [0.15, 0.2) is 24.4 Å². The van der Waals surface area contributed by atoms with Crippen molar-refractivity contribution in [2.45, 2.75) is 37.7 Å². The van der Waals surface area contributed by atoms with Crippen LogP contribution in [0.5, 0.6) is 11.6 Å². The highest BCUT2D eigenvalue weighted by molar-refractivity contribution is 5.90. The van der Waals surface area contributed by atoms with E-state index in [1.807, 2.05) is 6.07 Å². The number of aliphatic hydroxyl groups excluding tert-OH is 1. The Labute approximate surface area is 178 Å². The van der Waals surface area contributed by atoms with Crippen molar-refractivity contribution in [2.75, 3.05) is 19.0 Å². The summed E-state index contributed by atoms with van der Waals surface area (Å²) < 4.78 is 11.1. The van der Waals surface area contributed by atoms with Crippen LogP contribution in [0.25, 0.3) is 0 Å². The molecule has 6 N–H and O–H groups in total. The lowest BCUT2D eigenvalue weighted by atomic mass is 9.68. The third kappa shape index (κ3) is 3.33. The number of anilines is 1. The molecule has 10 nitrogen and oxygen atoms in total. The Balaban J connectivity index is 2.47. The quantitative estimate of drug-likeness (QED) is 0.435. The second kappa shape index (κ2) is 8.03. The molecule has 0 saturated carbocycles. The molecule has 0 saturated heterocycles. The van der Waals surface area contributed by atoms with Gasteiger partial charge in [-0.1, -0.05) is 6.07 Å². The normalized spacial score (nSPS) is 24.5. The lowest BCUT2D eigenvalue weighted by Crippen LogP contribution is -2.69. The summed E-state index contributed by atoms with van der Waals surface area (Å²) in [5, 5.41) is 44.5. The number of ether oxygens (including phenoxy) is 2. The molecule has 10 heteroatoms. The summed E-state index contributed by atoms with van der Waals surface area (Å²) in [6, 6.07) is 6.42. The molecule has 2 heterocycles. The van der Waals surface area contributed by atoms with E-state index in [1.54, 1.807) is 6.92 Å². The maximum Gasteiger partial charge on any atom is 0.255 e. The molecule has 0 aliphatic carbocycles. The van der Waals surface area contributed by atoms with Gasteiger partial charge in [0.25, 0.3) is 5.91 Å². The summed E-state index contributed by atoms with van der Waals surface area (Å²) in [5.74, 6) is -2.25. The lowest BCUT2D eigenvalue weighted by molar-refractivity contribution is -0.168. The number of primary amides is 1. The van der Waals surface area contributed by atoms with Crippen LogP contribution in [-0.4, -0.2) is 51.3 Å². The molecule has 3 rings (SSSR count). The first-order valence-electron chi connectivity index (χ1n) is 9.52. The Morgan fingerprint density at radius 2 is 2.13 bits per heavy atom. The van der Waals surface area contributed by atoms with Crippen molar-refractivity contribution in [3.8, 4) is 17.7 Å². The highest BCUT2D eigenvalue weighted by Crippen LogP contribution is 2.53. The van der Waals surface area contributed by atoms with Gasteiger partial charge in [0.05, 0.1) is 43.6 Å². The lowest BCUT2D eigenvalue weighted by Gasteiger charge is -2.49. The fraction of sp³-hybridized carbons (Fsp3) is 0.381. The van der Waals surface area contributed by atoms with E-state index in [1.165, 1.54) is 38.4 Å². The van der Waals surface area contributed by atoms with Crippen LogP contribution in [0.4, 0.5) is 5.69 Å². The number of nitrogens with two attached hydrogens (primary N) is 1. The highest BCUT2D eigenvalue weighted by Gasteiger charge is 2.62. The van der Waals surface area contributed by atoms with Crippen LogP contribution in [0.2, 0.25) is 0 Å². The Kier molecular flexibility index (Phi) is 5.78. The number of carbonyl (C=O) groups is 1. The number of aromatic nitrogens is 1. The Hall–Kier alpha value is -3.39. The molecule has 2 aromatic rings. The first kappa shape index (κ1) is 22.3. The molecular formula is C21H24N4O6. The van der Waals surface area contributed by atoms with Crippen molar-refractivity contribution in [1.29, 1.82) is 5.26 Å². The molecule has 31 heavy (non-hydrogen) atoms. The summed E-state index contributed by atoms with van der Waals surface area (Å²) in [6.45, 7) is 2.72. The molecule has 0 spiro atoms. The molecule has 2 unspecified atom stereocenters. The predicted molar refractivity (Wildman–Crippen MR) is 109 cm³/mol. The van der Waals surface area contributed by atoms with Crippen molar-refractivity contribution < 1.29 is 29.6 Å². The van der Waals surface area contributed by atoms with E-state index in [-0.39, 0.29) is 40.6 Å². The zero-order valence-corrected chi connectivity index (χ0v) is 17.3. The van der Waals surface area contributed by atoms with Crippen LogP contribution in [0.1, 0.15) is 42.0 Å². The number of rotatable bonds is 6. The number of aliphatic hydroxyl groups is 3. The minimum absolute atomic E-state index is 0.0776. The molecule has 164 valence electrons. The largest absolute Gasteiger partial charge is 0.496 e. The van der Waals surface area contributed by atoms with E-state index in [9.17, 15) is 25.4 Å². The molecule has 0 radical (unpaired) electrons. The van der Waals surface area contributed by atoms with Gasteiger partial charge in [0.2, 0.25) is 11.5 Å². The third-order valence-electron chi connectivity index (χ3n) is 5.48. The number of benzene rings is 1. The van der Waals surface area contributed by atoms with Gasteiger partial charge in [-0.25, -0.2) is 4.98 Å². The van der Waals surface area contributed by atoms with Crippen LogP contribution < -0.4 is 20.5 Å². The molecule has 1 aromatic carbocycles. The van der Waals surface area contributed by atoms with Gasteiger partial charge in [0.1, 0.15) is 5.75 Å². The number of pyridine rings is 1. The second-order valence-electron chi connectivity index (χ2n) is 7.30. The maximum absolute atomic E-state index is 12.6. The average Bonchev–Trinajstić information content (AvgIpc) is 2.74. The van der Waals surface area contributed by atoms with Crippen molar-refractivity contribution in [3.05, 3.63) is 46.6 Å². The SMILES string of the molecule is CCOc1ncc(CO)c2c1[C@H](c1ccc(C#N)cc1OC)C(O)(C(N)=O)C(C)(O)N2. The van der Waals surface area contributed by atoms with Crippen molar-refractivity contribution in [2.24, 2.45) is 5.73 Å². The van der Waals surface area contributed by atoms with Crippen LogP contribution in [0, 0.1) is 11.3 Å². The van der Waals surface area contributed by atoms with Gasteiger partial charge in [-0.05, 0) is 26.0 Å². The molecule has 0 fully saturated rings. The first-order chi connectivity index (χ1) is 14.7. The Bertz CT molecular complexity index is 1060. The monoisotopic (exact) mass is 428 g/mol. The molecule has 1 aliphatic heterocycles. The first-order valence-corrected chi connectivity index (χ1v) is 9.52. The topological polar surface area (TPSA) is 171 Å². The molecule has 3 atom stereocenters. The van der Waals surface area contributed by atoms with Gasteiger partial charge in [0.15, 0.2) is 5.72 Å². The zero-order chi connectivity index (χ0) is 23.0. The fourth-order valence-electron chi connectivity index (χ4n) is 3.95. The molecule has 0 bridgehead atoms. The van der Waals surface area contributed by atoms with Crippen molar-refractivity contribution in [1.82, 2.24) is 4.98 Å². The van der Waals surface area contributed by atoms with Crippen LogP contribution in [0.3, 0.4) is 0 Å². The van der Waals surface area contributed by atoms with Gasteiger partial charge >= 0.3 is 0 Å². The number of nitrogens with one attached hydrogen (secondary N) is 1. The Morgan fingerprint density at radius 1 is 1.42 bits per heavy atom. The van der Waals surface area contributed by atoms with Crippen LogP contribution in [-0.2, 0) is 11.4 Å². The second-order valence-corrected chi connectivity index (χ2v) is 7.30. The summed E-state index contributed by atoms with van der Waals surface area (Å²) in [4.78, 5) is 16.8. The van der Waals surface area contributed by atoms with E-state index < -0.39 is 29.8 Å². The molecular weight excluding hydrogens is 404 g/mol. The standard InChI is InChI=1S/C21H24N4O6/c1-4-31-18-15-16(13-6-5-11(8-22)7-14(13)30-3)21(29,19(23)27)20(2,28)25-17(15)12(10-26)9-24-18/h5-7,9,16,25-26,28-29H,4,10H2,1-3H3,(H2,23,27)/t16-,20?,21?/m0/s1. The Morgan fingerprint density at radius 3 is 2.68 bits per heavy atom. The average molecular weight is 428 g/mol. The number of amides is 1. The van der Waals surface area contributed by atoms with E-state index in [0.717, 1.165) is 0 Å². The molecule has 1 aliphatic rings. The number of nitrogens with zero attached hydrogens (tertiary/aromatic N) is 2. The minimum atomic E-state index is -2.58. The maximum atomic E-state index is 12.6. The van der Waals surface area contributed by atoms with Gasteiger partial charge in [-0.15, -0.1) is 0 Å². The summed E-state index contributed by atoms with van der Waals surface area (Å²) in [7, 11) is 1.37. The summed E-state index contributed by atoms with van der Waals surface area (Å²) in [5.41, 5.74) is 2.11. The summed E-state index contributed by atoms with van der Waals surface area (Å²) in [6.07, 6.45) is 1.37. The number of nitriles is 1. The molecule has 1 amide bonds. The highest BCUT2D eigenvalue weighted by atomic mass is 16.5. The minimum Gasteiger partial charge on any atom is -0.496 e. The van der Waals surface area contributed by atoms with Gasteiger partial charge in [0, 0.05) is 22.9 Å². The number of carbonyl (C=O) groups excluding carboxylic acids is 1. The van der Waals surface area contributed by atoms with Gasteiger partial charge in [-0.2, -0.15) is 5.26 Å². The fourth-order valence-corrected chi connectivity index (χ4v) is 3.95. The number of hydrogen-bond acceptors (Lipinski definition) is 9. The predicted octanol–water partition coefficient (Wildman–Crippen LogP) is 0.335. The zero-order valence-electron chi connectivity index (χ0n) is 17.3. The van der Waals surface area contributed by atoms with Crippen molar-refractivity contribution >= 4 is 11.6 Å². The van der Waals surface area contributed by atoms with Gasteiger partial charge in [-0.3, -0.25) is 4.79 Å². The number of hydrogen-bond donors (Lipinski definition) is 5. The van der Waals surface area contributed by atoms with Crippen LogP contribution >= 0.6 is 0 Å². The third-order valence-corrected chi connectivity index (χ3v) is 5.48. The van der Waals surface area contributed by atoms with E-state index in [4.69, 9.17) is 15.2 Å².